The molecule has 0 radical (unpaired) electrons. The van der Waals surface area contributed by atoms with Crippen molar-refractivity contribution in [3.8, 4) is 0 Å². The van der Waals surface area contributed by atoms with Gasteiger partial charge in [-0.05, 0) is 25.7 Å². The Morgan fingerprint density at radius 2 is 1.57 bits per heavy atom. The fourth-order valence-electron chi connectivity index (χ4n) is 2.54. The Morgan fingerprint density at radius 1 is 1.04 bits per heavy atom. The number of hydrogen-bond acceptors (Lipinski definition) is 4. The average molecular weight is 369 g/mol. The summed E-state index contributed by atoms with van der Waals surface area (Å²) in [6, 6.07) is -0.152. The van der Waals surface area contributed by atoms with Gasteiger partial charge in [0.2, 0.25) is 11.8 Å². The second kappa shape index (κ2) is 9.67. The third-order valence-corrected chi connectivity index (χ3v) is 4.48. The maximum atomic E-state index is 12.2. The van der Waals surface area contributed by atoms with Gasteiger partial charge in [0.05, 0.1) is 12.1 Å². The molecule has 2 atom stereocenters. The molecule has 1 aliphatic heterocycles. The molecule has 3 N–H and O–H groups in total. The molecule has 2 rings (SSSR count). The molecular formula is C15H30Cl2N4O2. The van der Waals surface area contributed by atoms with Gasteiger partial charge in [0.1, 0.15) is 0 Å². The highest BCUT2D eigenvalue weighted by atomic mass is 35.5. The zero-order valence-corrected chi connectivity index (χ0v) is 15.8. The zero-order valence-electron chi connectivity index (χ0n) is 14.2. The normalized spacial score (nSPS) is 21.0. The van der Waals surface area contributed by atoms with Gasteiger partial charge in [-0.3, -0.25) is 14.5 Å². The SMILES string of the molecule is CC(C)[C@H](N)C(=O)N1CCN(C(C)C(=O)NC2CC2)CC1.Cl.Cl. The average Bonchev–Trinajstić information content (AvgIpc) is 3.28. The van der Waals surface area contributed by atoms with Crippen LogP contribution in [0.15, 0.2) is 0 Å². The maximum Gasteiger partial charge on any atom is 0.239 e. The summed E-state index contributed by atoms with van der Waals surface area (Å²) in [4.78, 5) is 28.2. The summed E-state index contributed by atoms with van der Waals surface area (Å²) in [5, 5.41) is 3.04. The lowest BCUT2D eigenvalue weighted by Crippen LogP contribution is -2.57. The molecule has 23 heavy (non-hydrogen) atoms. The first-order chi connectivity index (χ1) is 9.90. The van der Waals surface area contributed by atoms with Gasteiger partial charge in [-0.25, -0.2) is 0 Å². The van der Waals surface area contributed by atoms with Crippen molar-refractivity contribution in [3.63, 3.8) is 0 Å². The van der Waals surface area contributed by atoms with Gasteiger partial charge in [-0.1, -0.05) is 13.8 Å². The number of nitrogens with two attached hydrogens (primary N) is 1. The molecule has 0 aromatic rings. The zero-order chi connectivity index (χ0) is 15.6. The van der Waals surface area contributed by atoms with E-state index >= 15 is 0 Å². The van der Waals surface area contributed by atoms with E-state index in [0.717, 1.165) is 25.9 Å². The van der Waals surface area contributed by atoms with E-state index in [1.165, 1.54) is 0 Å². The molecule has 0 bridgehead atoms. The molecule has 2 aliphatic rings. The Balaban J connectivity index is 0.00000242. The lowest BCUT2D eigenvalue weighted by molar-refractivity contribution is -0.136. The van der Waals surface area contributed by atoms with Gasteiger partial charge in [0.15, 0.2) is 0 Å². The van der Waals surface area contributed by atoms with Crippen molar-refractivity contribution in [2.75, 3.05) is 26.2 Å². The Labute approximate surface area is 151 Å². The molecule has 0 spiro atoms. The van der Waals surface area contributed by atoms with Crippen LogP contribution in [0.4, 0.5) is 0 Å². The van der Waals surface area contributed by atoms with Crippen LogP contribution in [0.2, 0.25) is 0 Å². The standard InChI is InChI=1S/C15H28N4O2.2ClH/c1-10(2)13(16)15(21)19-8-6-18(7-9-19)11(3)14(20)17-12-4-5-12;;/h10-13H,4-9,16H2,1-3H3,(H,17,20);2*1H/t11?,13-;;/m0../s1. The van der Waals surface area contributed by atoms with Crippen LogP contribution < -0.4 is 11.1 Å². The molecule has 8 heteroatoms. The predicted octanol–water partition coefficient (Wildman–Crippen LogP) is 0.625. The van der Waals surface area contributed by atoms with E-state index in [-0.39, 0.29) is 48.6 Å². The second-order valence-electron chi connectivity index (χ2n) is 6.59. The summed E-state index contributed by atoms with van der Waals surface area (Å²) >= 11 is 0. The largest absolute Gasteiger partial charge is 0.352 e. The fourth-order valence-corrected chi connectivity index (χ4v) is 2.54. The first-order valence-electron chi connectivity index (χ1n) is 7.99. The number of hydrogen-bond donors (Lipinski definition) is 2. The molecule has 6 nitrogen and oxygen atoms in total. The van der Waals surface area contributed by atoms with Crippen LogP contribution >= 0.6 is 24.8 Å². The Kier molecular flexibility index (Phi) is 9.43. The summed E-state index contributed by atoms with van der Waals surface area (Å²) in [5.41, 5.74) is 5.93. The highest BCUT2D eigenvalue weighted by molar-refractivity contribution is 5.85. The Morgan fingerprint density at radius 3 is 2.00 bits per heavy atom. The number of rotatable bonds is 5. The first-order valence-corrected chi connectivity index (χ1v) is 7.99. The van der Waals surface area contributed by atoms with Crippen LogP contribution in [0.25, 0.3) is 0 Å². The minimum absolute atomic E-state index is 0. The van der Waals surface area contributed by atoms with E-state index < -0.39 is 6.04 Å². The summed E-state index contributed by atoms with van der Waals surface area (Å²) in [7, 11) is 0. The minimum atomic E-state index is -0.424. The molecule has 1 heterocycles. The van der Waals surface area contributed by atoms with E-state index in [1.807, 2.05) is 25.7 Å². The summed E-state index contributed by atoms with van der Waals surface area (Å²) in [6.45, 7) is 8.63. The van der Waals surface area contributed by atoms with Crippen molar-refractivity contribution in [1.29, 1.82) is 0 Å². The Bertz CT molecular complexity index is 397. The van der Waals surface area contributed by atoms with Gasteiger partial charge in [-0.2, -0.15) is 0 Å². The van der Waals surface area contributed by atoms with Crippen molar-refractivity contribution >= 4 is 36.6 Å². The van der Waals surface area contributed by atoms with Gasteiger partial charge >= 0.3 is 0 Å². The quantitative estimate of drug-likeness (QED) is 0.745. The number of amides is 2. The predicted molar refractivity (Wildman–Crippen MR) is 96.1 cm³/mol. The van der Waals surface area contributed by atoms with Crippen molar-refractivity contribution < 1.29 is 9.59 Å². The van der Waals surface area contributed by atoms with E-state index in [9.17, 15) is 9.59 Å². The van der Waals surface area contributed by atoms with Gasteiger partial charge in [0, 0.05) is 32.2 Å². The topological polar surface area (TPSA) is 78.7 Å². The molecule has 2 fully saturated rings. The van der Waals surface area contributed by atoms with Crippen molar-refractivity contribution in [1.82, 2.24) is 15.1 Å². The highest BCUT2D eigenvalue weighted by Crippen LogP contribution is 2.19. The van der Waals surface area contributed by atoms with Crippen LogP contribution in [0.3, 0.4) is 0 Å². The van der Waals surface area contributed by atoms with Gasteiger partial charge in [-0.15, -0.1) is 24.8 Å². The molecular weight excluding hydrogens is 339 g/mol. The lowest BCUT2D eigenvalue weighted by Gasteiger charge is -2.38. The summed E-state index contributed by atoms with van der Waals surface area (Å²) in [5.74, 6) is 0.287. The fraction of sp³-hybridized carbons (Fsp3) is 0.867. The molecule has 1 saturated heterocycles. The maximum absolute atomic E-state index is 12.2. The molecule has 136 valence electrons. The van der Waals surface area contributed by atoms with Gasteiger partial charge < -0.3 is 16.0 Å². The molecule has 2 amide bonds. The molecule has 0 aromatic heterocycles. The third kappa shape index (κ3) is 6.10. The number of halogens is 2. The van der Waals surface area contributed by atoms with Crippen LogP contribution in [-0.2, 0) is 9.59 Å². The number of piperazine rings is 1. The van der Waals surface area contributed by atoms with Crippen molar-refractivity contribution in [2.24, 2.45) is 11.7 Å². The van der Waals surface area contributed by atoms with Gasteiger partial charge in [0.25, 0.3) is 0 Å². The van der Waals surface area contributed by atoms with Crippen molar-refractivity contribution in [2.45, 2.75) is 51.7 Å². The number of carbonyl (C=O) groups is 2. The van der Waals surface area contributed by atoms with Crippen LogP contribution in [0.1, 0.15) is 33.6 Å². The highest BCUT2D eigenvalue weighted by Gasteiger charge is 2.32. The van der Waals surface area contributed by atoms with Crippen LogP contribution in [0, 0.1) is 5.92 Å². The van der Waals surface area contributed by atoms with E-state index in [1.54, 1.807) is 0 Å². The number of carbonyl (C=O) groups excluding carboxylic acids is 2. The van der Waals surface area contributed by atoms with E-state index in [4.69, 9.17) is 5.73 Å². The second-order valence-corrected chi connectivity index (χ2v) is 6.59. The molecule has 1 aliphatic carbocycles. The number of nitrogens with one attached hydrogen (secondary N) is 1. The molecule has 0 aromatic carbocycles. The Hall–Kier alpha value is -0.560. The van der Waals surface area contributed by atoms with Crippen LogP contribution in [-0.4, -0.2) is 65.9 Å². The number of nitrogens with zero attached hydrogens (tertiary/aromatic N) is 2. The minimum Gasteiger partial charge on any atom is -0.352 e. The third-order valence-electron chi connectivity index (χ3n) is 4.48. The van der Waals surface area contributed by atoms with Crippen LogP contribution in [0.5, 0.6) is 0 Å². The summed E-state index contributed by atoms with van der Waals surface area (Å²) in [6.07, 6.45) is 2.21. The lowest BCUT2D eigenvalue weighted by atomic mass is 10.0. The molecule has 1 unspecified atom stereocenters. The summed E-state index contributed by atoms with van der Waals surface area (Å²) < 4.78 is 0. The van der Waals surface area contributed by atoms with Crippen molar-refractivity contribution in [3.05, 3.63) is 0 Å². The molecule has 1 saturated carbocycles. The first kappa shape index (κ1) is 22.4. The van der Waals surface area contributed by atoms with E-state index in [0.29, 0.717) is 19.1 Å². The van der Waals surface area contributed by atoms with E-state index in [2.05, 4.69) is 10.2 Å². The smallest absolute Gasteiger partial charge is 0.239 e. The monoisotopic (exact) mass is 368 g/mol.